The van der Waals surface area contributed by atoms with Gasteiger partial charge in [0.15, 0.2) is 0 Å². The molecule has 2 amide bonds. The van der Waals surface area contributed by atoms with E-state index in [0.717, 1.165) is 35.3 Å². The zero-order valence-electron chi connectivity index (χ0n) is 16.4. The second kappa shape index (κ2) is 6.95. The van der Waals surface area contributed by atoms with Gasteiger partial charge in [-0.3, -0.25) is 14.6 Å². The molecule has 2 aliphatic rings. The van der Waals surface area contributed by atoms with Crippen molar-refractivity contribution in [1.82, 2.24) is 4.90 Å². The van der Waals surface area contributed by atoms with Gasteiger partial charge in [-0.1, -0.05) is 31.2 Å². The van der Waals surface area contributed by atoms with Gasteiger partial charge in [0.1, 0.15) is 11.8 Å². The number of benzene rings is 2. The zero-order chi connectivity index (χ0) is 20.0. The molecule has 2 aromatic carbocycles. The van der Waals surface area contributed by atoms with E-state index in [-0.39, 0.29) is 12.0 Å². The Balaban J connectivity index is 1.62. The minimum atomic E-state index is -0.506. The van der Waals surface area contributed by atoms with Crippen molar-refractivity contribution >= 4 is 17.7 Å². The first-order valence-corrected chi connectivity index (χ1v) is 9.61. The smallest absolute Gasteiger partial charge is 0.410 e. The molecule has 3 unspecified atom stereocenters. The molecular formula is C22H25N3O3. The van der Waals surface area contributed by atoms with Crippen molar-refractivity contribution in [3.8, 4) is 5.75 Å². The summed E-state index contributed by atoms with van der Waals surface area (Å²) in [6.07, 6.45) is 0.418. The van der Waals surface area contributed by atoms with Crippen molar-refractivity contribution in [2.75, 3.05) is 18.5 Å². The third kappa shape index (κ3) is 2.94. The van der Waals surface area contributed by atoms with Crippen LogP contribution in [0.4, 0.5) is 10.5 Å². The minimum absolute atomic E-state index is 0.00651. The van der Waals surface area contributed by atoms with Gasteiger partial charge in [-0.2, -0.15) is 0 Å². The second-order valence-corrected chi connectivity index (χ2v) is 7.72. The van der Waals surface area contributed by atoms with Gasteiger partial charge >= 0.3 is 6.09 Å². The van der Waals surface area contributed by atoms with Gasteiger partial charge in [-0.25, -0.2) is 4.79 Å². The highest BCUT2D eigenvalue weighted by atomic mass is 16.6. The van der Waals surface area contributed by atoms with Crippen LogP contribution in [0.3, 0.4) is 0 Å². The summed E-state index contributed by atoms with van der Waals surface area (Å²) in [6, 6.07) is 12.9. The fourth-order valence-corrected chi connectivity index (χ4v) is 4.36. The van der Waals surface area contributed by atoms with Crippen LogP contribution in [-0.2, 0) is 11.2 Å². The van der Waals surface area contributed by atoms with Crippen LogP contribution in [0.1, 0.15) is 42.5 Å². The summed E-state index contributed by atoms with van der Waals surface area (Å²) in [6.45, 7) is 4.90. The molecule has 0 spiro atoms. The number of primary amides is 1. The van der Waals surface area contributed by atoms with E-state index in [2.05, 4.69) is 13.0 Å². The van der Waals surface area contributed by atoms with Crippen LogP contribution in [0.15, 0.2) is 42.5 Å². The summed E-state index contributed by atoms with van der Waals surface area (Å²) in [5.74, 6) is 0.262. The Labute approximate surface area is 164 Å². The van der Waals surface area contributed by atoms with Gasteiger partial charge < -0.3 is 10.5 Å². The van der Waals surface area contributed by atoms with Crippen molar-refractivity contribution in [3.05, 3.63) is 59.2 Å². The summed E-state index contributed by atoms with van der Waals surface area (Å²) < 4.78 is 5.72. The van der Waals surface area contributed by atoms with Crippen LogP contribution in [0.25, 0.3) is 0 Å². The number of anilines is 1. The maximum absolute atomic E-state index is 13.0. The zero-order valence-corrected chi connectivity index (χ0v) is 16.4. The normalized spacial score (nSPS) is 23.8. The van der Waals surface area contributed by atoms with Crippen molar-refractivity contribution in [3.63, 3.8) is 0 Å². The number of para-hydroxylation sites is 1. The molecular weight excluding hydrogens is 354 g/mol. The van der Waals surface area contributed by atoms with Crippen LogP contribution >= 0.6 is 0 Å². The van der Waals surface area contributed by atoms with Crippen LogP contribution < -0.4 is 15.4 Å². The lowest BCUT2D eigenvalue weighted by Gasteiger charge is -2.32. The highest BCUT2D eigenvalue weighted by Gasteiger charge is 2.37. The van der Waals surface area contributed by atoms with E-state index in [4.69, 9.17) is 10.5 Å². The van der Waals surface area contributed by atoms with Crippen LogP contribution in [0.5, 0.6) is 5.75 Å². The molecule has 0 aliphatic carbocycles. The first kappa shape index (κ1) is 18.5. The molecule has 6 nitrogen and oxygen atoms in total. The molecule has 0 radical (unpaired) electrons. The van der Waals surface area contributed by atoms with E-state index in [1.165, 1.54) is 0 Å². The Morgan fingerprint density at radius 2 is 1.86 bits per heavy atom. The number of ether oxygens (including phenoxy) is 1. The molecule has 0 bridgehead atoms. The molecule has 0 saturated carbocycles. The van der Waals surface area contributed by atoms with Gasteiger partial charge in [0.05, 0.1) is 5.69 Å². The van der Waals surface area contributed by atoms with E-state index in [9.17, 15) is 9.59 Å². The summed E-state index contributed by atoms with van der Waals surface area (Å²) in [5, 5.41) is 0. The Morgan fingerprint density at radius 3 is 2.61 bits per heavy atom. The average Bonchev–Trinajstić information content (AvgIpc) is 2.92. The SMILES string of the molecule is CC1c2ccccc2N(C(=O)Oc2ccc3c(c2)C(C(N)=O)N(C)CC3)C1C. The number of carbonyl (C=O) groups excluding carboxylic acids is 2. The number of amides is 2. The average molecular weight is 379 g/mol. The van der Waals surface area contributed by atoms with Crippen molar-refractivity contribution < 1.29 is 14.3 Å². The molecule has 2 N–H and O–H groups in total. The Kier molecular flexibility index (Phi) is 4.59. The Morgan fingerprint density at radius 1 is 1.11 bits per heavy atom. The maximum atomic E-state index is 13.0. The first-order chi connectivity index (χ1) is 13.4. The number of fused-ring (bicyclic) bond motifs is 2. The highest BCUT2D eigenvalue weighted by molar-refractivity contribution is 5.93. The fourth-order valence-electron chi connectivity index (χ4n) is 4.36. The molecule has 2 heterocycles. The van der Waals surface area contributed by atoms with E-state index < -0.39 is 18.0 Å². The minimum Gasteiger partial charge on any atom is -0.410 e. The van der Waals surface area contributed by atoms with Gasteiger partial charge in [0.2, 0.25) is 5.91 Å². The predicted molar refractivity (Wildman–Crippen MR) is 108 cm³/mol. The van der Waals surface area contributed by atoms with Gasteiger partial charge in [0.25, 0.3) is 0 Å². The lowest BCUT2D eigenvalue weighted by atomic mass is 9.92. The van der Waals surface area contributed by atoms with Crippen molar-refractivity contribution in [2.45, 2.75) is 38.3 Å². The standard InChI is InChI=1S/C22H25N3O3/c1-13-14(2)25(19-7-5-4-6-17(13)19)22(27)28-16-9-8-15-10-11-24(3)20(21(23)26)18(15)12-16/h4-9,12-14,20H,10-11H2,1-3H3,(H2,23,26). The Hall–Kier alpha value is -2.86. The number of carbonyl (C=O) groups is 2. The monoisotopic (exact) mass is 379 g/mol. The lowest BCUT2D eigenvalue weighted by Crippen LogP contribution is -2.40. The number of hydrogen-bond donors (Lipinski definition) is 1. The van der Waals surface area contributed by atoms with Crippen molar-refractivity contribution in [1.29, 1.82) is 0 Å². The third-order valence-corrected chi connectivity index (χ3v) is 6.08. The molecule has 0 saturated heterocycles. The van der Waals surface area contributed by atoms with E-state index in [0.29, 0.717) is 5.75 Å². The second-order valence-electron chi connectivity index (χ2n) is 7.72. The van der Waals surface area contributed by atoms with E-state index in [1.807, 2.05) is 43.1 Å². The van der Waals surface area contributed by atoms with E-state index in [1.54, 1.807) is 17.0 Å². The third-order valence-electron chi connectivity index (χ3n) is 6.08. The van der Waals surface area contributed by atoms with Crippen LogP contribution in [0, 0.1) is 0 Å². The Bertz CT molecular complexity index is 942. The summed E-state index contributed by atoms with van der Waals surface area (Å²) >= 11 is 0. The topological polar surface area (TPSA) is 75.9 Å². The molecule has 0 aromatic heterocycles. The number of likely N-dealkylation sites (N-methyl/N-ethyl adjacent to an activating group) is 1. The molecule has 4 rings (SSSR count). The van der Waals surface area contributed by atoms with Gasteiger partial charge in [-0.05, 0) is 55.3 Å². The van der Waals surface area contributed by atoms with Crippen LogP contribution in [-0.4, -0.2) is 36.5 Å². The molecule has 0 fully saturated rings. The predicted octanol–water partition coefficient (Wildman–Crippen LogP) is 3.21. The number of rotatable bonds is 2. The molecule has 2 aliphatic heterocycles. The maximum Gasteiger partial charge on any atom is 0.420 e. The highest BCUT2D eigenvalue weighted by Crippen LogP contribution is 2.41. The number of hydrogen-bond acceptors (Lipinski definition) is 4. The molecule has 146 valence electrons. The quantitative estimate of drug-likeness (QED) is 0.869. The summed E-state index contributed by atoms with van der Waals surface area (Å²) in [5.41, 5.74) is 9.53. The first-order valence-electron chi connectivity index (χ1n) is 9.61. The van der Waals surface area contributed by atoms with Crippen molar-refractivity contribution in [2.24, 2.45) is 5.73 Å². The number of nitrogens with two attached hydrogens (primary N) is 1. The molecule has 28 heavy (non-hydrogen) atoms. The van der Waals surface area contributed by atoms with Crippen LogP contribution in [0.2, 0.25) is 0 Å². The molecule has 3 atom stereocenters. The molecule has 2 aromatic rings. The number of nitrogens with zero attached hydrogens (tertiary/aromatic N) is 2. The summed E-state index contributed by atoms with van der Waals surface area (Å²) in [4.78, 5) is 28.6. The largest absolute Gasteiger partial charge is 0.420 e. The summed E-state index contributed by atoms with van der Waals surface area (Å²) in [7, 11) is 1.88. The van der Waals surface area contributed by atoms with Gasteiger partial charge in [-0.15, -0.1) is 0 Å². The molecule has 6 heteroatoms. The fraction of sp³-hybridized carbons (Fsp3) is 0.364. The van der Waals surface area contributed by atoms with Gasteiger partial charge in [0, 0.05) is 18.5 Å². The lowest BCUT2D eigenvalue weighted by molar-refractivity contribution is -0.123. The van der Waals surface area contributed by atoms with E-state index >= 15 is 0 Å².